The maximum absolute atomic E-state index is 13.1. The van der Waals surface area contributed by atoms with Crippen LogP contribution in [-0.2, 0) is 21.2 Å². The molecular weight excluding hydrogens is 428 g/mol. The zero-order valence-electron chi connectivity index (χ0n) is 18.5. The Kier molecular flexibility index (Phi) is 7.66. The average molecular weight is 457 g/mol. The summed E-state index contributed by atoms with van der Waals surface area (Å²) in [5.74, 6) is -0.00510. The van der Waals surface area contributed by atoms with Crippen molar-refractivity contribution in [2.45, 2.75) is 32.1 Å². The largest absolute Gasteiger partial charge is 0.492 e. The van der Waals surface area contributed by atoms with Crippen molar-refractivity contribution in [2.24, 2.45) is 0 Å². The lowest BCUT2D eigenvalue weighted by atomic mass is 10.2. The number of nitrogens with one attached hydrogen (secondary N) is 1. The third kappa shape index (κ3) is 5.35. The number of nitrogens with zero attached hydrogens (tertiary/aromatic N) is 3. The SMILES string of the molecule is CCOc1ccc(NC(=O)Cc2cnn(-c3ccccc3)c2)cc1S(=O)(=O)N(CC)CC. The number of sulfonamides is 1. The second-order valence-corrected chi connectivity index (χ2v) is 8.94. The van der Waals surface area contributed by atoms with Crippen molar-refractivity contribution in [2.75, 3.05) is 25.0 Å². The number of ether oxygens (including phenoxy) is 1. The van der Waals surface area contributed by atoms with E-state index in [1.807, 2.05) is 30.3 Å². The van der Waals surface area contributed by atoms with E-state index in [0.29, 0.717) is 25.4 Å². The van der Waals surface area contributed by atoms with Gasteiger partial charge in [0.25, 0.3) is 0 Å². The molecule has 0 unspecified atom stereocenters. The van der Waals surface area contributed by atoms with Crippen LogP contribution in [0.3, 0.4) is 0 Å². The van der Waals surface area contributed by atoms with E-state index in [0.717, 1.165) is 11.3 Å². The first-order valence-corrected chi connectivity index (χ1v) is 12.0. The van der Waals surface area contributed by atoms with Crippen molar-refractivity contribution in [3.63, 3.8) is 0 Å². The molecule has 0 aliphatic heterocycles. The molecule has 1 N–H and O–H groups in total. The van der Waals surface area contributed by atoms with Crippen LogP contribution in [0.2, 0.25) is 0 Å². The third-order valence-electron chi connectivity index (χ3n) is 4.87. The molecular formula is C23H28N4O4S. The molecule has 0 fully saturated rings. The van der Waals surface area contributed by atoms with Crippen LogP contribution in [0.15, 0.2) is 65.8 Å². The van der Waals surface area contributed by atoms with Gasteiger partial charge in [0.1, 0.15) is 10.6 Å². The fourth-order valence-electron chi connectivity index (χ4n) is 3.33. The molecule has 1 amide bonds. The Labute approximate surface area is 188 Å². The average Bonchev–Trinajstić information content (AvgIpc) is 3.24. The van der Waals surface area contributed by atoms with E-state index in [4.69, 9.17) is 4.74 Å². The number of amides is 1. The summed E-state index contributed by atoms with van der Waals surface area (Å²) in [5.41, 5.74) is 2.03. The lowest BCUT2D eigenvalue weighted by Gasteiger charge is -2.21. The van der Waals surface area contributed by atoms with E-state index in [9.17, 15) is 13.2 Å². The lowest BCUT2D eigenvalue weighted by Crippen LogP contribution is -2.31. The second-order valence-electron chi connectivity index (χ2n) is 7.04. The van der Waals surface area contributed by atoms with Crippen LogP contribution in [0.5, 0.6) is 5.75 Å². The third-order valence-corrected chi connectivity index (χ3v) is 6.94. The number of anilines is 1. The Bertz CT molecular complexity index is 1160. The van der Waals surface area contributed by atoms with Crippen molar-refractivity contribution in [1.82, 2.24) is 14.1 Å². The second kappa shape index (κ2) is 10.4. The topological polar surface area (TPSA) is 93.5 Å². The molecule has 2 aromatic carbocycles. The molecule has 170 valence electrons. The monoisotopic (exact) mass is 456 g/mol. The van der Waals surface area contributed by atoms with Crippen LogP contribution < -0.4 is 10.1 Å². The van der Waals surface area contributed by atoms with Gasteiger partial charge in [-0.3, -0.25) is 4.79 Å². The zero-order valence-corrected chi connectivity index (χ0v) is 19.3. The molecule has 0 saturated carbocycles. The first-order chi connectivity index (χ1) is 15.4. The smallest absolute Gasteiger partial charge is 0.246 e. The van der Waals surface area contributed by atoms with Gasteiger partial charge in [-0.1, -0.05) is 32.0 Å². The number of hydrogen-bond donors (Lipinski definition) is 1. The van der Waals surface area contributed by atoms with Gasteiger partial charge in [0.15, 0.2) is 0 Å². The van der Waals surface area contributed by atoms with Gasteiger partial charge in [-0.05, 0) is 42.8 Å². The molecule has 0 spiro atoms. The summed E-state index contributed by atoms with van der Waals surface area (Å²) in [6.07, 6.45) is 3.54. The fourth-order valence-corrected chi connectivity index (χ4v) is 4.94. The Hall–Kier alpha value is -3.17. The van der Waals surface area contributed by atoms with E-state index in [2.05, 4.69) is 10.4 Å². The fraction of sp³-hybridized carbons (Fsp3) is 0.304. The summed E-state index contributed by atoms with van der Waals surface area (Å²) in [5, 5.41) is 7.08. The van der Waals surface area contributed by atoms with Crippen LogP contribution >= 0.6 is 0 Å². The van der Waals surface area contributed by atoms with Gasteiger partial charge in [-0.15, -0.1) is 0 Å². The van der Waals surface area contributed by atoms with E-state index >= 15 is 0 Å². The molecule has 0 atom stereocenters. The highest BCUT2D eigenvalue weighted by Gasteiger charge is 2.26. The highest BCUT2D eigenvalue weighted by Crippen LogP contribution is 2.30. The minimum absolute atomic E-state index is 0.0396. The molecule has 1 aromatic heterocycles. The summed E-state index contributed by atoms with van der Waals surface area (Å²) < 4.78 is 34.7. The first kappa shape index (κ1) is 23.5. The predicted octanol–water partition coefficient (Wildman–Crippen LogP) is 3.48. The van der Waals surface area contributed by atoms with E-state index in [-0.39, 0.29) is 23.0 Å². The number of benzene rings is 2. The van der Waals surface area contributed by atoms with E-state index in [1.165, 1.54) is 10.4 Å². The van der Waals surface area contributed by atoms with E-state index < -0.39 is 10.0 Å². The normalized spacial score (nSPS) is 11.5. The minimum Gasteiger partial charge on any atom is -0.492 e. The molecule has 8 nitrogen and oxygen atoms in total. The van der Waals surface area contributed by atoms with E-state index in [1.54, 1.807) is 50.0 Å². The van der Waals surface area contributed by atoms with Gasteiger partial charge in [0.05, 0.1) is 24.9 Å². The van der Waals surface area contributed by atoms with Crippen LogP contribution in [0.25, 0.3) is 5.69 Å². The number of para-hydroxylation sites is 1. The molecule has 0 aliphatic rings. The highest BCUT2D eigenvalue weighted by atomic mass is 32.2. The van der Waals surface area contributed by atoms with Crippen LogP contribution in [-0.4, -0.2) is 48.1 Å². The number of carbonyl (C=O) groups is 1. The van der Waals surface area contributed by atoms with Crippen molar-refractivity contribution in [3.05, 3.63) is 66.5 Å². The van der Waals surface area contributed by atoms with Crippen molar-refractivity contribution < 1.29 is 17.9 Å². The Morgan fingerprint density at radius 1 is 1.09 bits per heavy atom. The Morgan fingerprint density at radius 3 is 2.47 bits per heavy atom. The summed E-state index contributed by atoms with van der Waals surface area (Å²) in [6.45, 7) is 6.36. The Morgan fingerprint density at radius 2 is 1.81 bits per heavy atom. The molecule has 1 heterocycles. The van der Waals surface area contributed by atoms with Crippen molar-refractivity contribution in [1.29, 1.82) is 0 Å². The van der Waals surface area contributed by atoms with Crippen LogP contribution in [0.4, 0.5) is 5.69 Å². The van der Waals surface area contributed by atoms with Gasteiger partial charge >= 0.3 is 0 Å². The maximum Gasteiger partial charge on any atom is 0.246 e. The standard InChI is InChI=1S/C23H28N4O4S/c1-4-26(5-2)32(29,30)22-15-19(12-13-21(22)31-6-3)25-23(28)14-18-16-24-27(17-18)20-10-8-7-9-11-20/h7-13,15-17H,4-6,14H2,1-3H3,(H,25,28). The molecule has 3 rings (SSSR count). The van der Waals surface area contributed by atoms with Gasteiger partial charge in [-0.2, -0.15) is 9.40 Å². The van der Waals surface area contributed by atoms with Gasteiger partial charge in [-0.25, -0.2) is 13.1 Å². The zero-order chi connectivity index (χ0) is 23.1. The highest BCUT2D eigenvalue weighted by molar-refractivity contribution is 7.89. The minimum atomic E-state index is -3.75. The van der Waals surface area contributed by atoms with Crippen molar-refractivity contribution in [3.8, 4) is 11.4 Å². The van der Waals surface area contributed by atoms with Gasteiger partial charge in [0, 0.05) is 25.0 Å². The number of hydrogen-bond acceptors (Lipinski definition) is 5. The predicted molar refractivity (Wildman–Crippen MR) is 124 cm³/mol. The lowest BCUT2D eigenvalue weighted by molar-refractivity contribution is -0.115. The van der Waals surface area contributed by atoms with Gasteiger partial charge in [0.2, 0.25) is 15.9 Å². The number of aromatic nitrogens is 2. The quantitative estimate of drug-likeness (QED) is 0.504. The maximum atomic E-state index is 13.1. The first-order valence-electron chi connectivity index (χ1n) is 10.5. The molecule has 0 bridgehead atoms. The molecule has 0 radical (unpaired) electrons. The number of rotatable bonds is 10. The molecule has 3 aromatic rings. The summed E-state index contributed by atoms with van der Waals surface area (Å²) >= 11 is 0. The van der Waals surface area contributed by atoms with Crippen molar-refractivity contribution >= 4 is 21.6 Å². The molecule has 0 saturated heterocycles. The van der Waals surface area contributed by atoms with Crippen LogP contribution in [0.1, 0.15) is 26.3 Å². The Balaban J connectivity index is 1.78. The molecule has 32 heavy (non-hydrogen) atoms. The summed E-state index contributed by atoms with van der Waals surface area (Å²) in [7, 11) is -3.75. The molecule has 0 aliphatic carbocycles. The molecule has 9 heteroatoms. The van der Waals surface area contributed by atoms with Gasteiger partial charge < -0.3 is 10.1 Å². The van der Waals surface area contributed by atoms with Crippen LogP contribution in [0, 0.1) is 0 Å². The summed E-state index contributed by atoms with van der Waals surface area (Å²) in [4.78, 5) is 12.6. The number of carbonyl (C=O) groups excluding carboxylic acids is 1. The summed E-state index contributed by atoms with van der Waals surface area (Å²) in [6, 6.07) is 14.3.